The van der Waals surface area contributed by atoms with Crippen LogP contribution in [-0.4, -0.2) is 50.5 Å². The Balaban J connectivity index is 2.23. The van der Waals surface area contributed by atoms with Crippen molar-refractivity contribution in [3.8, 4) is 0 Å². The molecule has 0 saturated carbocycles. The first-order chi connectivity index (χ1) is 8.79. The number of nitrogens with zero attached hydrogens (tertiary/aromatic N) is 2. The van der Waals surface area contributed by atoms with E-state index in [0.717, 1.165) is 29.1 Å². The molecule has 6 nitrogen and oxygen atoms in total. The lowest BCUT2D eigenvalue weighted by Crippen LogP contribution is -2.10. The summed E-state index contributed by atoms with van der Waals surface area (Å²) in [5.74, 6) is 1.55. The first-order valence-corrected chi connectivity index (χ1v) is 6.57. The SMILES string of the molecule is CNc1ncnc(NCCCOCCOC)c1Br. The van der Waals surface area contributed by atoms with Gasteiger partial charge in [0.1, 0.15) is 22.4 Å². The molecule has 0 fully saturated rings. The summed E-state index contributed by atoms with van der Waals surface area (Å²) in [6.45, 7) is 2.78. The van der Waals surface area contributed by atoms with Gasteiger partial charge in [0.05, 0.1) is 13.2 Å². The maximum atomic E-state index is 5.37. The lowest BCUT2D eigenvalue weighted by atomic mass is 10.4. The maximum absolute atomic E-state index is 5.37. The molecule has 18 heavy (non-hydrogen) atoms. The third-order valence-electron chi connectivity index (χ3n) is 2.22. The number of anilines is 2. The Kier molecular flexibility index (Phi) is 7.63. The summed E-state index contributed by atoms with van der Waals surface area (Å²) < 4.78 is 11.1. The van der Waals surface area contributed by atoms with Crippen molar-refractivity contribution in [1.82, 2.24) is 9.97 Å². The lowest BCUT2D eigenvalue weighted by Gasteiger charge is -2.09. The summed E-state index contributed by atoms with van der Waals surface area (Å²) >= 11 is 3.45. The van der Waals surface area contributed by atoms with Crippen molar-refractivity contribution in [3.63, 3.8) is 0 Å². The van der Waals surface area contributed by atoms with E-state index in [-0.39, 0.29) is 0 Å². The van der Waals surface area contributed by atoms with Crippen LogP contribution in [0.4, 0.5) is 11.6 Å². The first-order valence-electron chi connectivity index (χ1n) is 5.78. The predicted molar refractivity (Wildman–Crippen MR) is 75.1 cm³/mol. The minimum Gasteiger partial charge on any atom is -0.382 e. The molecular formula is C11H19BrN4O2. The van der Waals surface area contributed by atoms with E-state index in [1.165, 1.54) is 6.33 Å². The Labute approximate surface area is 116 Å². The molecule has 1 aromatic rings. The normalized spacial score (nSPS) is 10.4. The molecule has 0 aliphatic carbocycles. The quantitative estimate of drug-likeness (QED) is 0.676. The van der Waals surface area contributed by atoms with Crippen LogP contribution in [-0.2, 0) is 9.47 Å². The van der Waals surface area contributed by atoms with Crippen molar-refractivity contribution in [2.45, 2.75) is 6.42 Å². The highest BCUT2D eigenvalue weighted by Gasteiger charge is 2.06. The molecule has 0 spiro atoms. The second-order valence-corrected chi connectivity index (χ2v) is 4.31. The predicted octanol–water partition coefficient (Wildman–Crippen LogP) is 1.75. The van der Waals surface area contributed by atoms with Crippen LogP contribution < -0.4 is 10.6 Å². The summed E-state index contributed by atoms with van der Waals surface area (Å²) in [6, 6.07) is 0. The highest BCUT2D eigenvalue weighted by Crippen LogP contribution is 2.25. The van der Waals surface area contributed by atoms with E-state index >= 15 is 0 Å². The van der Waals surface area contributed by atoms with Gasteiger partial charge in [-0.3, -0.25) is 0 Å². The van der Waals surface area contributed by atoms with Crippen LogP contribution in [0, 0.1) is 0 Å². The van der Waals surface area contributed by atoms with E-state index in [2.05, 4.69) is 36.5 Å². The zero-order valence-electron chi connectivity index (χ0n) is 10.7. The number of hydrogen-bond acceptors (Lipinski definition) is 6. The molecule has 1 rings (SSSR count). The molecule has 0 unspecified atom stereocenters. The first kappa shape index (κ1) is 15.1. The molecule has 0 saturated heterocycles. The molecule has 2 N–H and O–H groups in total. The van der Waals surface area contributed by atoms with Crippen molar-refractivity contribution in [3.05, 3.63) is 10.8 Å². The standard InChI is InChI=1S/C11H19BrN4O2/c1-13-10-9(12)11(16-8-15-10)14-4-3-5-18-7-6-17-2/h8H,3-7H2,1-2H3,(H2,13,14,15,16). The molecular weight excluding hydrogens is 300 g/mol. The van der Waals surface area contributed by atoms with Gasteiger partial charge in [-0.2, -0.15) is 0 Å². The van der Waals surface area contributed by atoms with Crippen LogP contribution in [0.2, 0.25) is 0 Å². The molecule has 0 atom stereocenters. The Morgan fingerprint density at radius 2 is 2.00 bits per heavy atom. The van der Waals surface area contributed by atoms with Crippen molar-refractivity contribution in [1.29, 1.82) is 0 Å². The average molecular weight is 319 g/mol. The number of hydrogen-bond donors (Lipinski definition) is 2. The summed E-state index contributed by atoms with van der Waals surface area (Å²) in [5.41, 5.74) is 0. The fourth-order valence-corrected chi connectivity index (χ4v) is 1.84. The smallest absolute Gasteiger partial charge is 0.145 e. The molecule has 0 aliphatic heterocycles. The number of ether oxygens (including phenoxy) is 2. The van der Waals surface area contributed by atoms with Crippen LogP contribution in [0.1, 0.15) is 6.42 Å². The fourth-order valence-electron chi connectivity index (χ4n) is 1.29. The fraction of sp³-hybridized carbons (Fsp3) is 0.636. The summed E-state index contributed by atoms with van der Waals surface area (Å²) in [4.78, 5) is 8.25. The van der Waals surface area contributed by atoms with Crippen LogP contribution in [0.5, 0.6) is 0 Å². The van der Waals surface area contributed by atoms with Gasteiger partial charge in [-0.05, 0) is 22.4 Å². The van der Waals surface area contributed by atoms with Crippen LogP contribution in [0.25, 0.3) is 0 Å². The topological polar surface area (TPSA) is 68.3 Å². The molecule has 0 bridgehead atoms. The molecule has 0 radical (unpaired) electrons. The van der Waals surface area contributed by atoms with Gasteiger partial charge in [0.2, 0.25) is 0 Å². The highest BCUT2D eigenvalue weighted by molar-refractivity contribution is 9.10. The lowest BCUT2D eigenvalue weighted by molar-refractivity contribution is 0.0705. The van der Waals surface area contributed by atoms with Crippen molar-refractivity contribution >= 4 is 27.6 Å². The molecule has 0 aliphatic rings. The Hall–Kier alpha value is -0.920. The van der Waals surface area contributed by atoms with Crippen LogP contribution >= 0.6 is 15.9 Å². The average Bonchev–Trinajstić information content (AvgIpc) is 2.39. The third kappa shape index (κ3) is 5.16. The molecule has 102 valence electrons. The van der Waals surface area contributed by atoms with E-state index in [0.29, 0.717) is 19.8 Å². The molecule has 0 amide bonds. The Morgan fingerprint density at radius 1 is 1.22 bits per heavy atom. The Bertz CT molecular complexity index is 352. The zero-order valence-corrected chi connectivity index (χ0v) is 12.3. The number of methoxy groups -OCH3 is 1. The molecule has 0 aromatic carbocycles. The number of rotatable bonds is 9. The minimum absolute atomic E-state index is 0.635. The number of nitrogens with one attached hydrogen (secondary N) is 2. The van der Waals surface area contributed by atoms with E-state index in [4.69, 9.17) is 9.47 Å². The summed E-state index contributed by atoms with van der Waals surface area (Å²) in [7, 11) is 3.48. The van der Waals surface area contributed by atoms with Crippen LogP contribution in [0.3, 0.4) is 0 Å². The third-order valence-corrected chi connectivity index (χ3v) is 2.97. The van der Waals surface area contributed by atoms with E-state index in [9.17, 15) is 0 Å². The second-order valence-electron chi connectivity index (χ2n) is 3.52. The van der Waals surface area contributed by atoms with Gasteiger partial charge in [-0.15, -0.1) is 0 Å². The number of aromatic nitrogens is 2. The summed E-state index contributed by atoms with van der Waals surface area (Å²) in [6.07, 6.45) is 2.43. The zero-order chi connectivity index (χ0) is 13.2. The van der Waals surface area contributed by atoms with E-state index in [1.54, 1.807) is 7.11 Å². The van der Waals surface area contributed by atoms with Gasteiger partial charge in [-0.1, -0.05) is 0 Å². The highest BCUT2D eigenvalue weighted by atomic mass is 79.9. The molecule has 1 heterocycles. The Morgan fingerprint density at radius 3 is 2.72 bits per heavy atom. The summed E-state index contributed by atoms with van der Waals surface area (Å²) in [5, 5.41) is 6.21. The van der Waals surface area contributed by atoms with Crippen molar-refractivity contribution in [2.75, 3.05) is 51.2 Å². The van der Waals surface area contributed by atoms with E-state index < -0.39 is 0 Å². The number of halogens is 1. The monoisotopic (exact) mass is 318 g/mol. The van der Waals surface area contributed by atoms with Crippen LogP contribution in [0.15, 0.2) is 10.8 Å². The second kappa shape index (κ2) is 9.07. The maximum Gasteiger partial charge on any atom is 0.145 e. The van der Waals surface area contributed by atoms with Crippen molar-refractivity contribution < 1.29 is 9.47 Å². The van der Waals surface area contributed by atoms with Gasteiger partial charge in [0.25, 0.3) is 0 Å². The van der Waals surface area contributed by atoms with Gasteiger partial charge < -0.3 is 20.1 Å². The van der Waals surface area contributed by atoms with Gasteiger partial charge in [0, 0.05) is 27.3 Å². The minimum atomic E-state index is 0.635. The van der Waals surface area contributed by atoms with Gasteiger partial charge >= 0.3 is 0 Å². The van der Waals surface area contributed by atoms with Gasteiger partial charge in [0.15, 0.2) is 0 Å². The largest absolute Gasteiger partial charge is 0.382 e. The molecule has 7 heteroatoms. The molecule has 1 aromatic heterocycles. The van der Waals surface area contributed by atoms with Gasteiger partial charge in [-0.25, -0.2) is 9.97 Å². The van der Waals surface area contributed by atoms with E-state index in [1.807, 2.05) is 7.05 Å². The van der Waals surface area contributed by atoms with Crippen molar-refractivity contribution in [2.24, 2.45) is 0 Å².